The highest BCUT2D eigenvalue weighted by molar-refractivity contribution is 7.11. The topological polar surface area (TPSA) is 48.7 Å². The maximum atomic E-state index is 13.1. The number of nitrogens with zero attached hydrogens (tertiary/aromatic N) is 2. The molecule has 0 spiro atoms. The van der Waals surface area contributed by atoms with E-state index in [1.54, 1.807) is 23.6 Å². The van der Waals surface area contributed by atoms with Crippen LogP contribution >= 0.6 is 11.3 Å². The minimum atomic E-state index is -0.410. The molecule has 0 saturated carbocycles. The fourth-order valence-corrected chi connectivity index (χ4v) is 2.17. The summed E-state index contributed by atoms with van der Waals surface area (Å²) in [4.78, 5) is 5.21. The molecule has 0 amide bonds. The summed E-state index contributed by atoms with van der Waals surface area (Å²) in [5.74, 6) is -0.410. The van der Waals surface area contributed by atoms with Crippen molar-refractivity contribution in [3.05, 3.63) is 45.7 Å². The van der Waals surface area contributed by atoms with Crippen LogP contribution in [0.3, 0.4) is 0 Å². The van der Waals surface area contributed by atoms with Crippen LogP contribution in [0.25, 0.3) is 0 Å². The molecule has 0 atom stereocenters. The predicted octanol–water partition coefficient (Wildman–Crippen LogP) is 3.07. The van der Waals surface area contributed by atoms with Crippen LogP contribution in [-0.4, -0.2) is 4.98 Å². The molecule has 1 aromatic carbocycles. The Labute approximate surface area is 103 Å². The number of halogens is 1. The van der Waals surface area contributed by atoms with Crippen LogP contribution in [-0.2, 0) is 6.54 Å². The number of nitrogens with one attached hydrogen (secondary N) is 1. The first-order chi connectivity index (χ1) is 8.17. The highest BCUT2D eigenvalue weighted by Crippen LogP contribution is 2.17. The quantitative estimate of drug-likeness (QED) is 0.906. The summed E-state index contributed by atoms with van der Waals surface area (Å²) in [6.45, 7) is 2.52. The number of hydrogen-bond donors (Lipinski definition) is 1. The first kappa shape index (κ1) is 11.6. The van der Waals surface area contributed by atoms with Crippen LogP contribution in [0, 0.1) is 24.1 Å². The molecule has 1 aromatic heterocycles. The highest BCUT2D eigenvalue weighted by Gasteiger charge is 2.02. The Kier molecular flexibility index (Phi) is 3.35. The van der Waals surface area contributed by atoms with Crippen LogP contribution in [0.4, 0.5) is 10.1 Å². The van der Waals surface area contributed by atoms with Gasteiger partial charge in [-0.1, -0.05) is 0 Å². The zero-order chi connectivity index (χ0) is 12.3. The molecule has 86 valence electrons. The summed E-state index contributed by atoms with van der Waals surface area (Å²) >= 11 is 1.59. The van der Waals surface area contributed by atoms with Crippen molar-refractivity contribution >= 4 is 17.0 Å². The number of thiazole rings is 1. The van der Waals surface area contributed by atoms with E-state index in [0.717, 1.165) is 9.88 Å². The number of aryl methyl sites for hydroxylation is 1. The summed E-state index contributed by atoms with van der Waals surface area (Å²) in [6, 6.07) is 6.12. The Hall–Kier alpha value is -1.93. The van der Waals surface area contributed by atoms with Crippen molar-refractivity contribution in [1.29, 1.82) is 5.26 Å². The molecule has 2 aromatic rings. The lowest BCUT2D eigenvalue weighted by atomic mass is 10.2. The Morgan fingerprint density at radius 1 is 1.47 bits per heavy atom. The van der Waals surface area contributed by atoms with E-state index in [4.69, 9.17) is 5.26 Å². The van der Waals surface area contributed by atoms with Gasteiger partial charge in [-0.3, -0.25) is 0 Å². The van der Waals surface area contributed by atoms with E-state index in [0.29, 0.717) is 17.8 Å². The zero-order valence-corrected chi connectivity index (χ0v) is 10.0. The van der Waals surface area contributed by atoms with E-state index in [2.05, 4.69) is 10.3 Å². The molecule has 1 heterocycles. The SMILES string of the molecule is Cc1ncc(CNc2cc(F)cc(C#N)c2)s1. The zero-order valence-electron chi connectivity index (χ0n) is 9.20. The van der Waals surface area contributed by atoms with Gasteiger partial charge in [-0.2, -0.15) is 5.26 Å². The highest BCUT2D eigenvalue weighted by atomic mass is 32.1. The lowest BCUT2D eigenvalue weighted by Crippen LogP contribution is -1.98. The molecule has 0 fully saturated rings. The number of aromatic nitrogens is 1. The second-order valence-electron chi connectivity index (χ2n) is 3.54. The van der Waals surface area contributed by atoms with Gasteiger partial charge in [0, 0.05) is 16.8 Å². The number of benzene rings is 1. The third-order valence-electron chi connectivity index (χ3n) is 2.16. The molecule has 1 N–H and O–H groups in total. The van der Waals surface area contributed by atoms with Crippen molar-refractivity contribution < 1.29 is 4.39 Å². The Morgan fingerprint density at radius 3 is 2.94 bits per heavy atom. The van der Waals surface area contributed by atoms with Crippen molar-refractivity contribution in [1.82, 2.24) is 4.98 Å². The van der Waals surface area contributed by atoms with E-state index in [1.165, 1.54) is 12.1 Å². The average molecular weight is 247 g/mol. The van der Waals surface area contributed by atoms with Gasteiger partial charge in [0.15, 0.2) is 0 Å². The maximum absolute atomic E-state index is 13.1. The van der Waals surface area contributed by atoms with E-state index in [1.807, 2.05) is 13.0 Å². The fourth-order valence-electron chi connectivity index (χ4n) is 1.43. The van der Waals surface area contributed by atoms with Gasteiger partial charge in [-0.05, 0) is 25.1 Å². The molecular weight excluding hydrogens is 237 g/mol. The third kappa shape index (κ3) is 3.02. The Morgan fingerprint density at radius 2 is 2.29 bits per heavy atom. The van der Waals surface area contributed by atoms with Crippen molar-refractivity contribution in [3.63, 3.8) is 0 Å². The Bertz CT molecular complexity index is 571. The van der Waals surface area contributed by atoms with Crippen molar-refractivity contribution in [2.75, 3.05) is 5.32 Å². The number of nitriles is 1. The first-order valence-corrected chi connectivity index (χ1v) is 5.85. The summed E-state index contributed by atoms with van der Waals surface area (Å²) in [6.07, 6.45) is 1.79. The number of hydrogen-bond acceptors (Lipinski definition) is 4. The molecular formula is C12H10FN3S. The molecule has 0 saturated heterocycles. The predicted molar refractivity (Wildman–Crippen MR) is 65.3 cm³/mol. The van der Waals surface area contributed by atoms with Gasteiger partial charge in [0.1, 0.15) is 5.82 Å². The third-order valence-corrected chi connectivity index (χ3v) is 3.08. The van der Waals surface area contributed by atoms with E-state index in [9.17, 15) is 4.39 Å². The van der Waals surface area contributed by atoms with Gasteiger partial charge in [0.05, 0.1) is 23.2 Å². The van der Waals surface area contributed by atoms with Crippen LogP contribution < -0.4 is 5.32 Å². The van der Waals surface area contributed by atoms with Gasteiger partial charge in [0.2, 0.25) is 0 Å². The van der Waals surface area contributed by atoms with Crippen LogP contribution in [0.2, 0.25) is 0 Å². The van der Waals surface area contributed by atoms with Gasteiger partial charge < -0.3 is 5.32 Å². The monoisotopic (exact) mass is 247 g/mol. The molecule has 17 heavy (non-hydrogen) atoms. The molecule has 2 rings (SSSR count). The second kappa shape index (κ2) is 4.93. The second-order valence-corrected chi connectivity index (χ2v) is 4.86. The summed E-state index contributed by atoms with van der Waals surface area (Å²) in [7, 11) is 0. The maximum Gasteiger partial charge on any atom is 0.126 e. The molecule has 3 nitrogen and oxygen atoms in total. The molecule has 0 unspecified atom stereocenters. The molecule has 5 heteroatoms. The molecule has 0 bridgehead atoms. The van der Waals surface area contributed by atoms with Crippen LogP contribution in [0.15, 0.2) is 24.4 Å². The van der Waals surface area contributed by atoms with E-state index in [-0.39, 0.29) is 0 Å². The van der Waals surface area contributed by atoms with Gasteiger partial charge in [0.25, 0.3) is 0 Å². The van der Waals surface area contributed by atoms with Gasteiger partial charge >= 0.3 is 0 Å². The Balaban J connectivity index is 2.09. The molecule has 0 radical (unpaired) electrons. The van der Waals surface area contributed by atoms with Crippen LogP contribution in [0.5, 0.6) is 0 Å². The largest absolute Gasteiger partial charge is 0.380 e. The van der Waals surface area contributed by atoms with E-state index < -0.39 is 5.82 Å². The standard InChI is InChI=1S/C12H10FN3S/c1-8-15-6-12(17-8)7-16-11-3-9(5-14)2-10(13)4-11/h2-4,6,16H,7H2,1H3. The number of anilines is 1. The number of rotatable bonds is 3. The minimum Gasteiger partial charge on any atom is -0.380 e. The molecule has 0 aliphatic carbocycles. The van der Waals surface area contributed by atoms with Gasteiger partial charge in [-0.15, -0.1) is 11.3 Å². The summed E-state index contributed by atoms with van der Waals surface area (Å²) in [5, 5.41) is 12.8. The lowest BCUT2D eigenvalue weighted by Gasteiger charge is -2.04. The van der Waals surface area contributed by atoms with Crippen LogP contribution in [0.1, 0.15) is 15.4 Å². The average Bonchev–Trinajstić information content (AvgIpc) is 2.72. The summed E-state index contributed by atoms with van der Waals surface area (Å²) < 4.78 is 13.1. The molecule has 0 aliphatic rings. The van der Waals surface area contributed by atoms with E-state index >= 15 is 0 Å². The van der Waals surface area contributed by atoms with Crippen molar-refractivity contribution in [2.45, 2.75) is 13.5 Å². The van der Waals surface area contributed by atoms with Crippen molar-refractivity contribution in [3.8, 4) is 6.07 Å². The first-order valence-electron chi connectivity index (χ1n) is 5.03. The lowest BCUT2D eigenvalue weighted by molar-refractivity contribution is 0.627. The smallest absolute Gasteiger partial charge is 0.126 e. The van der Waals surface area contributed by atoms with Gasteiger partial charge in [-0.25, -0.2) is 9.37 Å². The minimum absolute atomic E-state index is 0.313. The summed E-state index contributed by atoms with van der Waals surface area (Å²) in [5.41, 5.74) is 0.917. The van der Waals surface area contributed by atoms with Crippen molar-refractivity contribution in [2.24, 2.45) is 0 Å². The normalized spacial score (nSPS) is 9.94. The molecule has 0 aliphatic heterocycles. The fraction of sp³-hybridized carbons (Fsp3) is 0.167.